The standard InChI is InChI=1S/C14H14F2N2O3/c1-7(2)5-17-10(19)6-18-12-9(16)4-3-8(15)11(12)13(20)14(18)21/h3-4,7H,5-6H2,1-2H3,(H,17,19). The van der Waals surface area contributed by atoms with Crippen molar-refractivity contribution >= 4 is 23.3 Å². The minimum atomic E-state index is -1.14. The number of hydrogen-bond acceptors (Lipinski definition) is 3. The summed E-state index contributed by atoms with van der Waals surface area (Å²) >= 11 is 0. The predicted octanol–water partition coefficient (Wildman–Crippen LogP) is 1.27. The van der Waals surface area contributed by atoms with Gasteiger partial charge in [-0.1, -0.05) is 13.8 Å². The van der Waals surface area contributed by atoms with Crippen LogP contribution in [0.1, 0.15) is 24.2 Å². The molecule has 7 heteroatoms. The van der Waals surface area contributed by atoms with Crippen LogP contribution in [0.5, 0.6) is 0 Å². The van der Waals surface area contributed by atoms with E-state index in [4.69, 9.17) is 0 Å². The second kappa shape index (κ2) is 5.59. The van der Waals surface area contributed by atoms with Gasteiger partial charge in [-0.3, -0.25) is 19.3 Å². The summed E-state index contributed by atoms with van der Waals surface area (Å²) in [6.07, 6.45) is 0. The zero-order valence-electron chi connectivity index (χ0n) is 11.6. The number of halogens is 2. The van der Waals surface area contributed by atoms with E-state index in [1.807, 2.05) is 13.8 Å². The molecular weight excluding hydrogens is 282 g/mol. The molecule has 2 amide bonds. The van der Waals surface area contributed by atoms with Gasteiger partial charge in [0.2, 0.25) is 5.91 Å². The fraction of sp³-hybridized carbons (Fsp3) is 0.357. The monoisotopic (exact) mass is 296 g/mol. The lowest BCUT2D eigenvalue weighted by Crippen LogP contribution is -2.41. The first-order chi connectivity index (χ1) is 9.82. The molecule has 2 rings (SSSR count). The van der Waals surface area contributed by atoms with E-state index in [1.54, 1.807) is 0 Å². The van der Waals surface area contributed by atoms with Crippen LogP contribution in [0.4, 0.5) is 14.5 Å². The number of carbonyl (C=O) groups is 3. The maximum absolute atomic E-state index is 13.8. The molecule has 1 heterocycles. The Kier molecular flexibility index (Phi) is 4.02. The van der Waals surface area contributed by atoms with E-state index in [1.165, 1.54) is 0 Å². The normalized spacial score (nSPS) is 13.9. The molecule has 0 bridgehead atoms. The van der Waals surface area contributed by atoms with Crippen molar-refractivity contribution < 1.29 is 23.2 Å². The van der Waals surface area contributed by atoms with Crippen molar-refractivity contribution in [3.63, 3.8) is 0 Å². The van der Waals surface area contributed by atoms with Crippen LogP contribution in [-0.4, -0.2) is 30.7 Å². The summed E-state index contributed by atoms with van der Waals surface area (Å²) in [5, 5.41) is 2.55. The maximum Gasteiger partial charge on any atom is 0.300 e. The van der Waals surface area contributed by atoms with Crippen LogP contribution >= 0.6 is 0 Å². The van der Waals surface area contributed by atoms with Gasteiger partial charge in [0.25, 0.3) is 11.7 Å². The highest BCUT2D eigenvalue weighted by atomic mass is 19.1. The Morgan fingerprint density at radius 3 is 2.48 bits per heavy atom. The van der Waals surface area contributed by atoms with Crippen LogP contribution in [0.15, 0.2) is 12.1 Å². The molecule has 0 unspecified atom stereocenters. The minimum Gasteiger partial charge on any atom is -0.354 e. The van der Waals surface area contributed by atoms with Crippen LogP contribution < -0.4 is 10.2 Å². The fourth-order valence-electron chi connectivity index (χ4n) is 2.02. The van der Waals surface area contributed by atoms with Crippen LogP contribution in [0.2, 0.25) is 0 Å². The van der Waals surface area contributed by atoms with Gasteiger partial charge in [-0.15, -0.1) is 0 Å². The molecule has 0 spiro atoms. The smallest absolute Gasteiger partial charge is 0.300 e. The second-order valence-corrected chi connectivity index (χ2v) is 5.17. The number of anilines is 1. The molecule has 0 aromatic heterocycles. The van der Waals surface area contributed by atoms with E-state index >= 15 is 0 Å². The lowest BCUT2D eigenvalue weighted by atomic mass is 10.1. The van der Waals surface area contributed by atoms with Crippen molar-refractivity contribution in [1.29, 1.82) is 0 Å². The lowest BCUT2D eigenvalue weighted by molar-refractivity contribution is -0.122. The third kappa shape index (κ3) is 2.76. The quantitative estimate of drug-likeness (QED) is 0.851. The molecule has 0 radical (unpaired) electrons. The first-order valence-corrected chi connectivity index (χ1v) is 6.43. The fourth-order valence-corrected chi connectivity index (χ4v) is 2.02. The summed E-state index contributed by atoms with van der Waals surface area (Å²) in [5.74, 6) is -4.47. The minimum absolute atomic E-state index is 0.200. The molecule has 1 aliphatic rings. The number of Topliss-reactive ketones (excluding diaryl/α,β-unsaturated/α-hetero) is 1. The van der Waals surface area contributed by atoms with Crippen molar-refractivity contribution in [2.45, 2.75) is 13.8 Å². The van der Waals surface area contributed by atoms with E-state index in [-0.39, 0.29) is 5.92 Å². The van der Waals surface area contributed by atoms with E-state index in [0.717, 1.165) is 12.1 Å². The maximum atomic E-state index is 13.8. The third-order valence-electron chi connectivity index (χ3n) is 3.02. The topological polar surface area (TPSA) is 66.5 Å². The van der Waals surface area contributed by atoms with Gasteiger partial charge < -0.3 is 5.32 Å². The van der Waals surface area contributed by atoms with Gasteiger partial charge in [0.15, 0.2) is 0 Å². The molecule has 1 N–H and O–H groups in total. The van der Waals surface area contributed by atoms with E-state index in [0.29, 0.717) is 11.4 Å². The van der Waals surface area contributed by atoms with E-state index in [2.05, 4.69) is 5.32 Å². The van der Waals surface area contributed by atoms with Gasteiger partial charge in [0.1, 0.15) is 18.2 Å². The van der Waals surface area contributed by atoms with Crippen molar-refractivity contribution in [3.8, 4) is 0 Å². The number of carbonyl (C=O) groups excluding carboxylic acids is 3. The van der Waals surface area contributed by atoms with Crippen LogP contribution in [-0.2, 0) is 9.59 Å². The number of hydrogen-bond donors (Lipinski definition) is 1. The van der Waals surface area contributed by atoms with Crippen LogP contribution in [0, 0.1) is 17.6 Å². The number of amides is 2. The molecule has 1 aliphatic heterocycles. The van der Waals surface area contributed by atoms with Gasteiger partial charge in [0, 0.05) is 6.54 Å². The first kappa shape index (κ1) is 15.1. The summed E-state index contributed by atoms with van der Waals surface area (Å²) in [4.78, 5) is 35.9. The summed E-state index contributed by atoms with van der Waals surface area (Å²) < 4.78 is 27.4. The number of benzene rings is 1. The highest BCUT2D eigenvalue weighted by Crippen LogP contribution is 2.33. The molecule has 5 nitrogen and oxygen atoms in total. The van der Waals surface area contributed by atoms with Gasteiger partial charge in [-0.2, -0.15) is 0 Å². The Hall–Kier alpha value is -2.31. The molecule has 1 aromatic rings. The van der Waals surface area contributed by atoms with Gasteiger partial charge in [0.05, 0.1) is 11.3 Å². The molecule has 0 saturated carbocycles. The second-order valence-electron chi connectivity index (χ2n) is 5.17. The van der Waals surface area contributed by atoms with Gasteiger partial charge in [-0.25, -0.2) is 8.78 Å². The average molecular weight is 296 g/mol. The summed E-state index contributed by atoms with van der Waals surface area (Å²) in [5.41, 5.74) is -1.08. The van der Waals surface area contributed by atoms with Crippen molar-refractivity contribution in [1.82, 2.24) is 5.32 Å². The molecule has 0 atom stereocenters. The molecule has 0 aliphatic carbocycles. The SMILES string of the molecule is CC(C)CNC(=O)CN1C(=O)C(=O)c2c(F)ccc(F)c21. The zero-order valence-corrected chi connectivity index (χ0v) is 11.6. The predicted molar refractivity (Wildman–Crippen MR) is 70.9 cm³/mol. The molecular formula is C14H14F2N2O3. The Morgan fingerprint density at radius 1 is 1.24 bits per heavy atom. The number of nitrogens with one attached hydrogen (secondary N) is 1. The zero-order chi connectivity index (χ0) is 15.7. The molecule has 21 heavy (non-hydrogen) atoms. The molecule has 1 aromatic carbocycles. The highest BCUT2D eigenvalue weighted by Gasteiger charge is 2.41. The van der Waals surface area contributed by atoms with E-state index in [9.17, 15) is 23.2 Å². The largest absolute Gasteiger partial charge is 0.354 e. The number of rotatable bonds is 4. The number of ketones is 1. The number of nitrogens with zero attached hydrogens (tertiary/aromatic N) is 1. The van der Waals surface area contributed by atoms with Crippen molar-refractivity contribution in [3.05, 3.63) is 29.3 Å². The van der Waals surface area contributed by atoms with Crippen LogP contribution in [0.3, 0.4) is 0 Å². The van der Waals surface area contributed by atoms with Crippen molar-refractivity contribution in [2.75, 3.05) is 18.0 Å². The third-order valence-corrected chi connectivity index (χ3v) is 3.02. The summed E-state index contributed by atoms with van der Waals surface area (Å²) in [7, 11) is 0. The Labute approximate surface area is 119 Å². The molecule has 112 valence electrons. The average Bonchev–Trinajstić information content (AvgIpc) is 2.67. The van der Waals surface area contributed by atoms with Crippen LogP contribution in [0.25, 0.3) is 0 Å². The highest BCUT2D eigenvalue weighted by molar-refractivity contribution is 6.52. The molecule has 0 fully saturated rings. The first-order valence-electron chi connectivity index (χ1n) is 6.43. The Balaban J connectivity index is 2.27. The summed E-state index contributed by atoms with van der Waals surface area (Å²) in [6, 6.07) is 1.60. The van der Waals surface area contributed by atoms with E-state index < -0.39 is 47.0 Å². The lowest BCUT2D eigenvalue weighted by Gasteiger charge is -2.17. The molecule has 0 saturated heterocycles. The van der Waals surface area contributed by atoms with Crippen molar-refractivity contribution in [2.24, 2.45) is 5.92 Å². The Bertz CT molecular complexity index is 629. The Morgan fingerprint density at radius 2 is 1.86 bits per heavy atom. The number of fused-ring (bicyclic) bond motifs is 1. The van der Waals surface area contributed by atoms with Gasteiger partial charge >= 0.3 is 0 Å². The van der Waals surface area contributed by atoms with Gasteiger partial charge in [-0.05, 0) is 18.1 Å². The summed E-state index contributed by atoms with van der Waals surface area (Å²) in [6.45, 7) is 3.63.